The highest BCUT2D eigenvalue weighted by Crippen LogP contribution is 2.21. The van der Waals surface area contributed by atoms with E-state index in [1.54, 1.807) is 0 Å². The van der Waals surface area contributed by atoms with Crippen LogP contribution in [-0.2, 0) is 6.54 Å². The molecule has 2 aromatic carbocycles. The Kier molecular flexibility index (Phi) is 2.88. The standard InChI is InChI=1S/C13H15NO/c1-2-15-13-6-5-11-4-3-10(9-14)7-12(11)8-13/h3-8H,2,9,14H2,1H3. The van der Waals surface area contributed by atoms with Gasteiger partial charge in [-0.3, -0.25) is 0 Å². The summed E-state index contributed by atoms with van der Waals surface area (Å²) >= 11 is 0. The Morgan fingerprint density at radius 3 is 2.60 bits per heavy atom. The third-order valence-electron chi connectivity index (χ3n) is 2.42. The van der Waals surface area contributed by atoms with Gasteiger partial charge in [0.2, 0.25) is 0 Å². The van der Waals surface area contributed by atoms with Crippen LogP contribution in [0.3, 0.4) is 0 Å². The average molecular weight is 201 g/mol. The van der Waals surface area contributed by atoms with E-state index in [0.29, 0.717) is 13.2 Å². The minimum absolute atomic E-state index is 0.578. The van der Waals surface area contributed by atoms with Crippen molar-refractivity contribution >= 4 is 10.8 Å². The van der Waals surface area contributed by atoms with E-state index in [2.05, 4.69) is 30.3 Å². The first-order valence-corrected chi connectivity index (χ1v) is 5.19. The molecule has 2 rings (SSSR count). The molecular weight excluding hydrogens is 186 g/mol. The number of nitrogens with two attached hydrogens (primary N) is 1. The van der Waals surface area contributed by atoms with Crippen LogP contribution in [0, 0.1) is 0 Å². The maximum Gasteiger partial charge on any atom is 0.119 e. The molecule has 2 heteroatoms. The summed E-state index contributed by atoms with van der Waals surface area (Å²) < 4.78 is 5.46. The Morgan fingerprint density at radius 1 is 1.07 bits per heavy atom. The van der Waals surface area contributed by atoms with Crippen LogP contribution >= 0.6 is 0 Å². The van der Waals surface area contributed by atoms with Crippen LogP contribution in [0.25, 0.3) is 10.8 Å². The summed E-state index contributed by atoms with van der Waals surface area (Å²) in [5, 5.41) is 2.40. The molecule has 0 aliphatic carbocycles. The summed E-state index contributed by atoms with van der Waals surface area (Å²) in [6, 6.07) is 12.4. The van der Waals surface area contributed by atoms with Gasteiger partial charge in [-0.15, -0.1) is 0 Å². The van der Waals surface area contributed by atoms with Crippen molar-refractivity contribution in [1.29, 1.82) is 0 Å². The zero-order valence-corrected chi connectivity index (χ0v) is 8.86. The van der Waals surface area contributed by atoms with E-state index in [4.69, 9.17) is 10.5 Å². The van der Waals surface area contributed by atoms with E-state index in [1.165, 1.54) is 10.8 Å². The quantitative estimate of drug-likeness (QED) is 0.828. The van der Waals surface area contributed by atoms with Crippen LogP contribution in [0.4, 0.5) is 0 Å². The Balaban J connectivity index is 2.48. The monoisotopic (exact) mass is 201 g/mol. The normalized spacial score (nSPS) is 10.5. The highest BCUT2D eigenvalue weighted by Gasteiger charge is 1.98. The first-order chi connectivity index (χ1) is 7.33. The Morgan fingerprint density at radius 2 is 1.87 bits per heavy atom. The van der Waals surface area contributed by atoms with Crippen LogP contribution in [-0.4, -0.2) is 6.61 Å². The fourth-order valence-electron chi connectivity index (χ4n) is 1.66. The van der Waals surface area contributed by atoms with Crippen molar-refractivity contribution in [2.45, 2.75) is 13.5 Å². The molecule has 0 saturated heterocycles. The number of rotatable bonds is 3. The topological polar surface area (TPSA) is 35.2 Å². The molecule has 0 heterocycles. The average Bonchev–Trinajstić information content (AvgIpc) is 2.28. The van der Waals surface area contributed by atoms with Crippen molar-refractivity contribution in [3.05, 3.63) is 42.0 Å². The number of fused-ring (bicyclic) bond motifs is 1. The van der Waals surface area contributed by atoms with Crippen LogP contribution in [0.5, 0.6) is 5.75 Å². The SMILES string of the molecule is CCOc1ccc2ccc(CN)cc2c1. The van der Waals surface area contributed by atoms with Crippen LogP contribution in [0.2, 0.25) is 0 Å². The smallest absolute Gasteiger partial charge is 0.119 e. The highest BCUT2D eigenvalue weighted by molar-refractivity contribution is 5.84. The summed E-state index contributed by atoms with van der Waals surface area (Å²) in [6.07, 6.45) is 0. The fourth-order valence-corrected chi connectivity index (χ4v) is 1.66. The predicted octanol–water partition coefficient (Wildman–Crippen LogP) is 2.70. The van der Waals surface area contributed by atoms with E-state index in [9.17, 15) is 0 Å². The molecule has 2 N–H and O–H groups in total. The first-order valence-electron chi connectivity index (χ1n) is 5.19. The van der Waals surface area contributed by atoms with Crippen molar-refractivity contribution in [1.82, 2.24) is 0 Å². The van der Waals surface area contributed by atoms with Crippen LogP contribution in [0.15, 0.2) is 36.4 Å². The van der Waals surface area contributed by atoms with E-state index in [0.717, 1.165) is 11.3 Å². The van der Waals surface area contributed by atoms with Gasteiger partial charge in [0.25, 0.3) is 0 Å². The maximum atomic E-state index is 5.61. The molecule has 2 nitrogen and oxygen atoms in total. The van der Waals surface area contributed by atoms with Gasteiger partial charge in [-0.2, -0.15) is 0 Å². The molecule has 0 aliphatic rings. The third-order valence-corrected chi connectivity index (χ3v) is 2.42. The van der Waals surface area contributed by atoms with E-state index >= 15 is 0 Å². The van der Waals surface area contributed by atoms with Gasteiger partial charge in [0.15, 0.2) is 0 Å². The van der Waals surface area contributed by atoms with Gasteiger partial charge in [0.1, 0.15) is 5.75 Å². The van der Waals surface area contributed by atoms with Gasteiger partial charge < -0.3 is 10.5 Å². The molecule has 0 aliphatic heterocycles. The summed E-state index contributed by atoms with van der Waals surface area (Å²) in [6.45, 7) is 3.26. The Bertz CT molecular complexity index is 465. The molecule has 78 valence electrons. The molecular formula is C13H15NO. The minimum atomic E-state index is 0.578. The second-order valence-corrected chi connectivity index (χ2v) is 3.48. The Hall–Kier alpha value is -1.54. The lowest BCUT2D eigenvalue weighted by molar-refractivity contribution is 0.341. The zero-order chi connectivity index (χ0) is 10.7. The highest BCUT2D eigenvalue weighted by atomic mass is 16.5. The number of ether oxygens (including phenoxy) is 1. The third kappa shape index (κ3) is 2.10. The van der Waals surface area contributed by atoms with Gasteiger partial charge in [-0.25, -0.2) is 0 Å². The molecule has 0 atom stereocenters. The molecule has 0 spiro atoms. The summed E-state index contributed by atoms with van der Waals surface area (Å²) in [5.74, 6) is 0.916. The fraction of sp³-hybridized carbons (Fsp3) is 0.231. The number of hydrogen-bond acceptors (Lipinski definition) is 2. The second-order valence-electron chi connectivity index (χ2n) is 3.48. The van der Waals surface area contributed by atoms with Crippen molar-refractivity contribution in [2.75, 3.05) is 6.61 Å². The molecule has 0 unspecified atom stereocenters. The van der Waals surface area contributed by atoms with E-state index in [-0.39, 0.29) is 0 Å². The van der Waals surface area contributed by atoms with Gasteiger partial charge >= 0.3 is 0 Å². The first kappa shape index (κ1) is 9.99. The Labute approximate surface area is 89.7 Å². The van der Waals surface area contributed by atoms with E-state index in [1.807, 2.05) is 13.0 Å². The second kappa shape index (κ2) is 4.32. The lowest BCUT2D eigenvalue weighted by Gasteiger charge is -2.05. The van der Waals surface area contributed by atoms with Crippen molar-refractivity contribution in [2.24, 2.45) is 5.73 Å². The summed E-state index contributed by atoms with van der Waals surface area (Å²) in [7, 11) is 0. The van der Waals surface area contributed by atoms with Crippen molar-refractivity contribution in [3.8, 4) is 5.75 Å². The largest absolute Gasteiger partial charge is 0.494 e. The zero-order valence-electron chi connectivity index (χ0n) is 8.86. The molecule has 0 amide bonds. The molecule has 0 saturated carbocycles. The number of benzene rings is 2. The van der Waals surface area contributed by atoms with Crippen LogP contribution < -0.4 is 10.5 Å². The van der Waals surface area contributed by atoms with Gasteiger partial charge in [0, 0.05) is 6.54 Å². The molecule has 0 fully saturated rings. The lowest BCUT2D eigenvalue weighted by Crippen LogP contribution is -1.95. The molecule has 2 aromatic rings. The summed E-state index contributed by atoms with van der Waals surface area (Å²) in [5.41, 5.74) is 6.76. The summed E-state index contributed by atoms with van der Waals surface area (Å²) in [4.78, 5) is 0. The molecule has 0 bridgehead atoms. The van der Waals surface area contributed by atoms with Crippen molar-refractivity contribution < 1.29 is 4.74 Å². The van der Waals surface area contributed by atoms with Gasteiger partial charge in [-0.1, -0.05) is 18.2 Å². The van der Waals surface area contributed by atoms with Crippen LogP contribution in [0.1, 0.15) is 12.5 Å². The maximum absolute atomic E-state index is 5.61. The predicted molar refractivity (Wildman–Crippen MR) is 63.0 cm³/mol. The lowest BCUT2D eigenvalue weighted by atomic mass is 10.1. The number of hydrogen-bond donors (Lipinski definition) is 1. The molecule has 15 heavy (non-hydrogen) atoms. The van der Waals surface area contributed by atoms with Gasteiger partial charge in [0.05, 0.1) is 6.61 Å². The van der Waals surface area contributed by atoms with Crippen molar-refractivity contribution in [3.63, 3.8) is 0 Å². The molecule has 0 radical (unpaired) electrons. The van der Waals surface area contributed by atoms with Gasteiger partial charge in [-0.05, 0) is 41.5 Å². The molecule has 0 aromatic heterocycles. The minimum Gasteiger partial charge on any atom is -0.494 e. The van der Waals surface area contributed by atoms with E-state index < -0.39 is 0 Å².